The zero-order valence-corrected chi connectivity index (χ0v) is 12.6. The monoisotopic (exact) mass is 326 g/mol. The third-order valence-electron chi connectivity index (χ3n) is 3.39. The van der Waals surface area contributed by atoms with Crippen molar-refractivity contribution >= 4 is 27.5 Å². The first-order chi connectivity index (χ1) is 9.09. The van der Waals surface area contributed by atoms with Gasteiger partial charge in [-0.2, -0.15) is 0 Å². The zero-order chi connectivity index (χ0) is 13.8. The normalized spacial score (nSPS) is 19.2. The standard InChI is InChI=1S/C14H19BrN2O2/c1-17(8-10-4-3-7-19-9-10)14(18)11-5-2-6-12(16)13(11)15/h2,5-6,10H,3-4,7-9,16H2,1H3. The Kier molecular flexibility index (Phi) is 4.82. The molecule has 1 saturated heterocycles. The lowest BCUT2D eigenvalue weighted by molar-refractivity contribution is 0.0388. The lowest BCUT2D eigenvalue weighted by Gasteiger charge is -2.27. The highest BCUT2D eigenvalue weighted by molar-refractivity contribution is 9.10. The van der Waals surface area contributed by atoms with Crippen molar-refractivity contribution in [3.05, 3.63) is 28.2 Å². The highest BCUT2D eigenvalue weighted by Gasteiger charge is 2.21. The number of ether oxygens (including phenoxy) is 1. The van der Waals surface area contributed by atoms with Crippen molar-refractivity contribution in [1.82, 2.24) is 4.90 Å². The SMILES string of the molecule is CN(CC1CCCOC1)C(=O)c1cccc(N)c1Br. The van der Waals surface area contributed by atoms with Gasteiger partial charge in [-0.15, -0.1) is 0 Å². The maximum Gasteiger partial charge on any atom is 0.254 e. The predicted octanol–water partition coefficient (Wildman–Crippen LogP) is 2.53. The van der Waals surface area contributed by atoms with Crippen molar-refractivity contribution in [2.75, 3.05) is 32.5 Å². The molecule has 1 atom stereocenters. The molecule has 0 aromatic heterocycles. The molecule has 1 heterocycles. The van der Waals surface area contributed by atoms with E-state index in [1.807, 2.05) is 7.05 Å². The van der Waals surface area contributed by atoms with Crippen molar-refractivity contribution < 1.29 is 9.53 Å². The van der Waals surface area contributed by atoms with E-state index in [1.165, 1.54) is 0 Å². The molecule has 0 radical (unpaired) electrons. The molecule has 1 aromatic rings. The van der Waals surface area contributed by atoms with Crippen molar-refractivity contribution in [2.45, 2.75) is 12.8 Å². The molecule has 0 spiro atoms. The highest BCUT2D eigenvalue weighted by atomic mass is 79.9. The minimum atomic E-state index is -0.00949. The van der Waals surface area contributed by atoms with Gasteiger partial charge in [-0.1, -0.05) is 6.07 Å². The summed E-state index contributed by atoms with van der Waals surface area (Å²) in [5, 5.41) is 0. The van der Waals surface area contributed by atoms with Crippen molar-refractivity contribution in [3.8, 4) is 0 Å². The molecular weight excluding hydrogens is 308 g/mol. The lowest BCUT2D eigenvalue weighted by Crippen LogP contribution is -2.35. The van der Waals surface area contributed by atoms with Crippen molar-refractivity contribution in [2.24, 2.45) is 5.92 Å². The van der Waals surface area contributed by atoms with Crippen LogP contribution in [0.1, 0.15) is 23.2 Å². The summed E-state index contributed by atoms with van der Waals surface area (Å²) in [6, 6.07) is 5.36. The van der Waals surface area contributed by atoms with Gasteiger partial charge in [-0.3, -0.25) is 4.79 Å². The molecule has 2 N–H and O–H groups in total. The lowest BCUT2D eigenvalue weighted by atomic mass is 10.0. The topological polar surface area (TPSA) is 55.6 Å². The van der Waals surface area contributed by atoms with Gasteiger partial charge in [-0.05, 0) is 46.8 Å². The Morgan fingerprint density at radius 2 is 2.37 bits per heavy atom. The van der Waals surface area contributed by atoms with E-state index in [0.717, 1.165) is 32.6 Å². The molecule has 1 amide bonds. The van der Waals surface area contributed by atoms with Gasteiger partial charge in [0.05, 0.1) is 16.6 Å². The smallest absolute Gasteiger partial charge is 0.254 e. The molecule has 1 fully saturated rings. The Morgan fingerprint density at radius 1 is 1.58 bits per heavy atom. The van der Waals surface area contributed by atoms with E-state index in [1.54, 1.807) is 23.1 Å². The van der Waals surface area contributed by atoms with E-state index in [2.05, 4.69) is 15.9 Å². The van der Waals surface area contributed by atoms with Crippen LogP contribution in [0, 0.1) is 5.92 Å². The summed E-state index contributed by atoms with van der Waals surface area (Å²) >= 11 is 3.38. The van der Waals surface area contributed by atoms with Crippen LogP contribution in [0.2, 0.25) is 0 Å². The Morgan fingerprint density at radius 3 is 3.05 bits per heavy atom. The molecule has 2 rings (SSSR count). The fourth-order valence-electron chi connectivity index (χ4n) is 2.34. The van der Waals surface area contributed by atoms with Crippen molar-refractivity contribution in [1.29, 1.82) is 0 Å². The number of nitrogens with two attached hydrogens (primary N) is 1. The first kappa shape index (κ1) is 14.3. The second kappa shape index (κ2) is 6.39. The van der Waals surface area contributed by atoms with E-state index in [0.29, 0.717) is 21.6 Å². The Balaban J connectivity index is 2.03. The largest absolute Gasteiger partial charge is 0.398 e. The van der Waals surface area contributed by atoms with E-state index < -0.39 is 0 Å². The van der Waals surface area contributed by atoms with Crippen LogP contribution < -0.4 is 5.73 Å². The van der Waals surface area contributed by atoms with Gasteiger partial charge >= 0.3 is 0 Å². The molecule has 1 unspecified atom stereocenters. The van der Waals surface area contributed by atoms with Crippen LogP contribution in [0.4, 0.5) is 5.69 Å². The van der Waals surface area contributed by atoms with Crippen molar-refractivity contribution in [3.63, 3.8) is 0 Å². The van der Waals surface area contributed by atoms with Gasteiger partial charge in [-0.25, -0.2) is 0 Å². The second-order valence-electron chi connectivity index (χ2n) is 4.98. The van der Waals surface area contributed by atoms with E-state index in [9.17, 15) is 4.79 Å². The number of benzene rings is 1. The molecule has 1 aliphatic heterocycles. The molecule has 4 nitrogen and oxygen atoms in total. The number of hydrogen-bond donors (Lipinski definition) is 1. The highest BCUT2D eigenvalue weighted by Crippen LogP contribution is 2.25. The average molecular weight is 327 g/mol. The number of carbonyl (C=O) groups is 1. The van der Waals surface area contributed by atoms with Gasteiger partial charge in [0.2, 0.25) is 0 Å². The zero-order valence-electron chi connectivity index (χ0n) is 11.1. The van der Waals surface area contributed by atoms with Crippen LogP contribution in [0.5, 0.6) is 0 Å². The number of anilines is 1. The molecule has 1 aliphatic rings. The van der Waals surface area contributed by atoms with Gasteiger partial charge < -0.3 is 15.4 Å². The second-order valence-corrected chi connectivity index (χ2v) is 5.77. The molecule has 1 aromatic carbocycles. The quantitative estimate of drug-likeness (QED) is 0.868. The fourth-order valence-corrected chi connectivity index (χ4v) is 2.78. The molecular formula is C14H19BrN2O2. The van der Waals surface area contributed by atoms with E-state index in [-0.39, 0.29) is 5.91 Å². The predicted molar refractivity (Wildman–Crippen MR) is 79.1 cm³/mol. The number of hydrogen-bond acceptors (Lipinski definition) is 3. The summed E-state index contributed by atoms with van der Waals surface area (Å²) in [7, 11) is 1.83. The molecule has 0 aliphatic carbocycles. The number of rotatable bonds is 3. The van der Waals surface area contributed by atoms with Gasteiger partial charge in [0.1, 0.15) is 0 Å². The van der Waals surface area contributed by atoms with Crippen LogP contribution in [0.15, 0.2) is 22.7 Å². The maximum absolute atomic E-state index is 12.4. The molecule has 0 saturated carbocycles. The molecule has 5 heteroatoms. The summed E-state index contributed by atoms with van der Waals surface area (Å²) in [6.07, 6.45) is 2.20. The first-order valence-corrected chi connectivity index (χ1v) is 7.26. The van der Waals surface area contributed by atoms with Crippen LogP contribution in [0.3, 0.4) is 0 Å². The van der Waals surface area contributed by atoms with E-state index >= 15 is 0 Å². The molecule has 19 heavy (non-hydrogen) atoms. The number of nitrogens with zero attached hydrogens (tertiary/aromatic N) is 1. The number of carbonyl (C=O) groups excluding carboxylic acids is 1. The van der Waals surface area contributed by atoms with Crippen LogP contribution in [-0.2, 0) is 4.74 Å². The van der Waals surface area contributed by atoms with Crippen LogP contribution in [-0.4, -0.2) is 37.6 Å². The Labute approximate surface area is 122 Å². The first-order valence-electron chi connectivity index (χ1n) is 6.46. The summed E-state index contributed by atoms with van der Waals surface area (Å²) in [5.74, 6) is 0.423. The Hall–Kier alpha value is -1.07. The van der Waals surface area contributed by atoms with Gasteiger partial charge in [0, 0.05) is 25.9 Å². The van der Waals surface area contributed by atoms with Crippen LogP contribution in [0.25, 0.3) is 0 Å². The Bertz CT molecular complexity index is 459. The summed E-state index contributed by atoms with van der Waals surface area (Å²) in [4.78, 5) is 14.1. The third kappa shape index (κ3) is 3.48. The molecule has 0 bridgehead atoms. The summed E-state index contributed by atoms with van der Waals surface area (Å²) in [6.45, 7) is 2.31. The third-order valence-corrected chi connectivity index (χ3v) is 4.28. The van der Waals surface area contributed by atoms with Gasteiger partial charge in [0.15, 0.2) is 0 Å². The summed E-state index contributed by atoms with van der Waals surface area (Å²) < 4.78 is 6.12. The number of nitrogen functional groups attached to an aromatic ring is 1. The molecule has 104 valence electrons. The average Bonchev–Trinajstić information content (AvgIpc) is 2.42. The van der Waals surface area contributed by atoms with Gasteiger partial charge in [0.25, 0.3) is 5.91 Å². The summed E-state index contributed by atoms with van der Waals surface area (Å²) in [5.41, 5.74) is 7.00. The minimum absolute atomic E-state index is 0.00949. The minimum Gasteiger partial charge on any atom is -0.398 e. The fraction of sp³-hybridized carbons (Fsp3) is 0.500. The van der Waals surface area contributed by atoms with Crippen LogP contribution >= 0.6 is 15.9 Å². The number of amides is 1. The van der Waals surface area contributed by atoms with E-state index in [4.69, 9.17) is 10.5 Å². The maximum atomic E-state index is 12.4. The number of halogens is 1.